The zero-order valence-electron chi connectivity index (χ0n) is 15.1. The van der Waals surface area contributed by atoms with Crippen molar-refractivity contribution in [2.24, 2.45) is 0 Å². The minimum Gasteiger partial charge on any atom is -0.390 e. The van der Waals surface area contributed by atoms with Crippen LogP contribution >= 0.6 is 0 Å². The average molecular weight is 351 g/mol. The molecular weight excluding hydrogens is 322 g/mol. The fourth-order valence-corrected chi connectivity index (χ4v) is 3.37. The van der Waals surface area contributed by atoms with Gasteiger partial charge < -0.3 is 34.9 Å². The number of nitrogens with one attached hydrogen (secondary N) is 2. The van der Waals surface area contributed by atoms with Crippen molar-refractivity contribution in [3.05, 3.63) is 29.8 Å². The Kier molecular flexibility index (Phi) is 6.27. The fraction of sp³-hybridized carbons (Fsp3) is 0.667. The van der Waals surface area contributed by atoms with E-state index in [4.69, 9.17) is 14.2 Å². The van der Waals surface area contributed by atoms with Crippen LogP contribution < -0.4 is 15.5 Å². The van der Waals surface area contributed by atoms with Gasteiger partial charge in [0.1, 0.15) is 6.10 Å². The quantitative estimate of drug-likeness (QED) is 0.566. The monoisotopic (exact) mass is 351 g/mol. The summed E-state index contributed by atoms with van der Waals surface area (Å²) in [7, 11) is 5.70. The second-order valence-electron chi connectivity index (χ2n) is 6.81. The van der Waals surface area contributed by atoms with Gasteiger partial charge in [0.05, 0.1) is 31.4 Å². The number of anilines is 1. The molecule has 2 bridgehead atoms. The van der Waals surface area contributed by atoms with Crippen molar-refractivity contribution in [1.29, 1.82) is 0 Å². The number of nitrogens with zero attached hydrogens (tertiary/aromatic N) is 1. The van der Waals surface area contributed by atoms with Gasteiger partial charge in [0.15, 0.2) is 6.29 Å². The average Bonchev–Trinajstić information content (AvgIpc) is 3.04. The van der Waals surface area contributed by atoms with E-state index in [9.17, 15) is 5.11 Å². The number of aliphatic hydroxyl groups is 1. The summed E-state index contributed by atoms with van der Waals surface area (Å²) in [6, 6.07) is 7.94. The van der Waals surface area contributed by atoms with Gasteiger partial charge in [0, 0.05) is 40.0 Å². The van der Waals surface area contributed by atoms with Crippen LogP contribution in [-0.2, 0) is 20.8 Å². The number of hydrogen-bond donors (Lipinski definition) is 3. The van der Waals surface area contributed by atoms with Gasteiger partial charge in [-0.1, -0.05) is 12.1 Å². The molecule has 25 heavy (non-hydrogen) atoms. The highest BCUT2D eigenvalue weighted by Gasteiger charge is 2.49. The van der Waals surface area contributed by atoms with Gasteiger partial charge in [-0.05, 0) is 17.7 Å². The van der Waals surface area contributed by atoms with E-state index in [1.807, 2.05) is 14.1 Å². The zero-order valence-corrected chi connectivity index (χ0v) is 15.1. The van der Waals surface area contributed by atoms with E-state index in [-0.39, 0.29) is 18.2 Å². The molecule has 0 radical (unpaired) electrons. The van der Waals surface area contributed by atoms with Gasteiger partial charge in [-0.2, -0.15) is 0 Å². The highest BCUT2D eigenvalue weighted by molar-refractivity contribution is 5.45. The SMILES string of the molecule is COCCNC1C2OCC(O2)C(NCc2ccc(N(C)C)cc2)C1O. The first kappa shape index (κ1) is 18.6. The molecular formula is C18H29N3O4. The summed E-state index contributed by atoms with van der Waals surface area (Å²) in [4.78, 5) is 2.07. The number of hydrogen-bond acceptors (Lipinski definition) is 7. The third-order valence-corrected chi connectivity index (χ3v) is 4.84. The molecule has 1 aromatic carbocycles. The smallest absolute Gasteiger partial charge is 0.176 e. The lowest BCUT2D eigenvalue weighted by molar-refractivity contribution is -0.153. The lowest BCUT2D eigenvalue weighted by Gasteiger charge is -2.39. The molecule has 1 aromatic rings. The molecule has 2 aliphatic rings. The molecule has 3 N–H and O–H groups in total. The molecule has 7 nitrogen and oxygen atoms in total. The maximum Gasteiger partial charge on any atom is 0.176 e. The molecule has 5 atom stereocenters. The summed E-state index contributed by atoms with van der Waals surface area (Å²) < 4.78 is 16.7. The molecule has 140 valence electrons. The van der Waals surface area contributed by atoms with E-state index in [0.29, 0.717) is 26.3 Å². The number of ether oxygens (including phenoxy) is 3. The predicted octanol–water partition coefficient (Wildman–Crippen LogP) is -0.0686. The van der Waals surface area contributed by atoms with E-state index in [1.54, 1.807) is 7.11 Å². The normalized spacial score (nSPS) is 31.3. The van der Waals surface area contributed by atoms with Crippen LogP contribution in [-0.4, -0.2) is 76.7 Å². The molecule has 0 aliphatic carbocycles. The minimum absolute atomic E-state index is 0.124. The molecule has 0 saturated carbocycles. The molecule has 2 aliphatic heterocycles. The van der Waals surface area contributed by atoms with E-state index in [0.717, 1.165) is 0 Å². The Morgan fingerprint density at radius 2 is 1.96 bits per heavy atom. The lowest BCUT2D eigenvalue weighted by Crippen LogP contribution is -2.63. The summed E-state index contributed by atoms with van der Waals surface area (Å²) in [5.74, 6) is 0. The maximum atomic E-state index is 10.8. The minimum atomic E-state index is -0.579. The topological polar surface area (TPSA) is 75.2 Å². The van der Waals surface area contributed by atoms with E-state index < -0.39 is 12.4 Å². The zero-order chi connectivity index (χ0) is 17.8. The van der Waals surface area contributed by atoms with Crippen molar-refractivity contribution in [1.82, 2.24) is 10.6 Å². The van der Waals surface area contributed by atoms with Crippen molar-refractivity contribution in [2.45, 2.75) is 37.1 Å². The molecule has 0 aromatic heterocycles. The van der Waals surface area contributed by atoms with E-state index >= 15 is 0 Å². The van der Waals surface area contributed by atoms with Crippen LogP contribution in [0.1, 0.15) is 5.56 Å². The summed E-state index contributed by atoms with van der Waals surface area (Å²) in [6.45, 7) is 2.40. The first-order valence-corrected chi connectivity index (χ1v) is 8.77. The van der Waals surface area contributed by atoms with Crippen LogP contribution in [0.2, 0.25) is 0 Å². The number of benzene rings is 1. The van der Waals surface area contributed by atoms with Crippen molar-refractivity contribution in [3.8, 4) is 0 Å². The Labute approximate surface area is 149 Å². The number of methoxy groups -OCH3 is 1. The Bertz CT molecular complexity index is 540. The first-order chi connectivity index (χ1) is 12.1. The third kappa shape index (κ3) is 4.31. The van der Waals surface area contributed by atoms with Crippen LogP contribution in [0.25, 0.3) is 0 Å². The molecule has 2 saturated heterocycles. The van der Waals surface area contributed by atoms with Gasteiger partial charge in [-0.3, -0.25) is 0 Å². The fourth-order valence-electron chi connectivity index (χ4n) is 3.37. The summed E-state index contributed by atoms with van der Waals surface area (Å²) in [6.07, 6.45) is -1.10. The Morgan fingerprint density at radius 1 is 1.20 bits per heavy atom. The van der Waals surface area contributed by atoms with Crippen LogP contribution in [0.5, 0.6) is 0 Å². The molecule has 7 heteroatoms. The summed E-state index contributed by atoms with van der Waals surface area (Å²) >= 11 is 0. The largest absolute Gasteiger partial charge is 0.390 e. The third-order valence-electron chi connectivity index (χ3n) is 4.84. The Hall–Kier alpha value is -1.22. The predicted molar refractivity (Wildman–Crippen MR) is 95.7 cm³/mol. The molecule has 0 amide bonds. The molecule has 2 fully saturated rings. The highest BCUT2D eigenvalue weighted by atomic mass is 16.7. The standard InChI is InChI=1S/C18H29N3O4/c1-21(2)13-6-4-12(5-7-13)10-20-15-14-11-24-18(25-14)16(17(15)22)19-8-9-23-3/h4-7,14-20,22H,8-11H2,1-3H3. The van der Waals surface area contributed by atoms with Crippen LogP contribution in [0, 0.1) is 0 Å². The molecule has 5 unspecified atom stereocenters. The Balaban J connectivity index is 1.58. The number of aliphatic hydroxyl groups excluding tert-OH is 1. The van der Waals surface area contributed by atoms with E-state index in [2.05, 4.69) is 39.8 Å². The molecule has 2 heterocycles. The van der Waals surface area contributed by atoms with Gasteiger partial charge >= 0.3 is 0 Å². The maximum absolute atomic E-state index is 10.8. The summed E-state index contributed by atoms with van der Waals surface area (Å²) in [5.41, 5.74) is 2.34. The number of rotatable bonds is 8. The number of fused-ring (bicyclic) bond motifs is 2. The Morgan fingerprint density at radius 3 is 2.64 bits per heavy atom. The van der Waals surface area contributed by atoms with Crippen molar-refractivity contribution in [2.75, 3.05) is 45.9 Å². The van der Waals surface area contributed by atoms with Crippen LogP contribution in [0.3, 0.4) is 0 Å². The molecule has 0 spiro atoms. The highest BCUT2D eigenvalue weighted by Crippen LogP contribution is 2.28. The second-order valence-corrected chi connectivity index (χ2v) is 6.81. The first-order valence-electron chi connectivity index (χ1n) is 8.77. The van der Waals surface area contributed by atoms with Crippen molar-refractivity contribution >= 4 is 5.69 Å². The van der Waals surface area contributed by atoms with Gasteiger partial charge in [-0.25, -0.2) is 0 Å². The van der Waals surface area contributed by atoms with Gasteiger partial charge in [0.2, 0.25) is 0 Å². The second kappa shape index (κ2) is 8.44. The van der Waals surface area contributed by atoms with Crippen LogP contribution in [0.4, 0.5) is 5.69 Å². The van der Waals surface area contributed by atoms with Crippen molar-refractivity contribution < 1.29 is 19.3 Å². The molecule has 3 rings (SSSR count). The van der Waals surface area contributed by atoms with Gasteiger partial charge in [-0.15, -0.1) is 0 Å². The summed E-state index contributed by atoms with van der Waals surface area (Å²) in [5, 5.41) is 17.5. The van der Waals surface area contributed by atoms with Crippen LogP contribution in [0.15, 0.2) is 24.3 Å². The van der Waals surface area contributed by atoms with Gasteiger partial charge in [0.25, 0.3) is 0 Å². The van der Waals surface area contributed by atoms with Crippen molar-refractivity contribution in [3.63, 3.8) is 0 Å². The van der Waals surface area contributed by atoms with E-state index in [1.165, 1.54) is 11.3 Å². The lowest BCUT2D eigenvalue weighted by atomic mass is 9.95.